The fraction of sp³-hybridized carbons (Fsp3) is 0.0769. The van der Waals surface area contributed by atoms with Gasteiger partial charge in [0.15, 0.2) is 0 Å². The predicted octanol–water partition coefficient (Wildman–Crippen LogP) is 1.93. The van der Waals surface area contributed by atoms with Crippen LogP contribution >= 0.6 is 0 Å². The van der Waals surface area contributed by atoms with Crippen LogP contribution in [-0.4, -0.2) is 14.5 Å². The molecule has 4 nitrogen and oxygen atoms in total. The molecule has 2 aromatic heterocycles. The lowest BCUT2D eigenvalue weighted by molar-refractivity contribution is 0.928. The van der Waals surface area contributed by atoms with E-state index in [1.54, 1.807) is 0 Å². The van der Waals surface area contributed by atoms with Gasteiger partial charge in [-0.1, -0.05) is 12.1 Å². The average Bonchev–Trinajstić information content (AvgIpc) is 2.75. The molecule has 0 spiro atoms. The summed E-state index contributed by atoms with van der Waals surface area (Å²) in [5.41, 5.74) is 2.70. The van der Waals surface area contributed by atoms with Crippen LogP contribution in [0.15, 0.2) is 47.5 Å². The third-order valence-corrected chi connectivity index (χ3v) is 2.70. The highest BCUT2D eigenvalue weighted by atomic mass is 16.1. The highest BCUT2D eigenvalue weighted by Crippen LogP contribution is 2.15. The lowest BCUT2D eigenvalue weighted by Gasteiger charge is -2.00. The van der Waals surface area contributed by atoms with E-state index in [4.69, 9.17) is 0 Å². The van der Waals surface area contributed by atoms with E-state index in [2.05, 4.69) is 9.97 Å². The topological polar surface area (TPSA) is 50.7 Å². The highest BCUT2D eigenvalue weighted by Gasteiger charge is 2.07. The summed E-state index contributed by atoms with van der Waals surface area (Å²) in [5, 5.41) is 0. The van der Waals surface area contributed by atoms with Gasteiger partial charge in [-0.05, 0) is 18.2 Å². The van der Waals surface area contributed by atoms with Crippen molar-refractivity contribution in [3.05, 3.63) is 53.1 Å². The first-order chi connectivity index (χ1) is 8.24. The first-order valence-corrected chi connectivity index (χ1v) is 5.35. The van der Waals surface area contributed by atoms with Gasteiger partial charge in [0, 0.05) is 25.0 Å². The number of aromatic amines is 1. The Balaban J connectivity index is 2.30. The summed E-state index contributed by atoms with van der Waals surface area (Å²) in [7, 11) is 1.92. The van der Waals surface area contributed by atoms with Crippen LogP contribution in [0, 0.1) is 0 Å². The average molecular weight is 225 g/mol. The summed E-state index contributed by atoms with van der Waals surface area (Å²) in [6.07, 6.45) is 3.78. The summed E-state index contributed by atoms with van der Waals surface area (Å²) in [6, 6.07) is 9.40. The fourth-order valence-corrected chi connectivity index (χ4v) is 1.87. The van der Waals surface area contributed by atoms with Crippen LogP contribution in [0.25, 0.3) is 22.3 Å². The van der Waals surface area contributed by atoms with Crippen molar-refractivity contribution in [2.24, 2.45) is 7.05 Å². The van der Waals surface area contributed by atoms with E-state index in [0.29, 0.717) is 5.69 Å². The Kier molecular flexibility index (Phi) is 2.08. The SMILES string of the molecule is Cn1ccc(-c2nc3ccccc3[nH]c2=O)c1. The molecule has 0 radical (unpaired) electrons. The van der Waals surface area contributed by atoms with Crippen molar-refractivity contribution in [3.8, 4) is 11.3 Å². The zero-order valence-corrected chi connectivity index (χ0v) is 9.34. The molecule has 4 heteroatoms. The normalized spacial score (nSPS) is 10.9. The lowest BCUT2D eigenvalue weighted by atomic mass is 10.2. The second-order valence-electron chi connectivity index (χ2n) is 4.00. The molecule has 84 valence electrons. The minimum absolute atomic E-state index is 0.157. The van der Waals surface area contributed by atoms with E-state index in [9.17, 15) is 4.79 Å². The number of rotatable bonds is 1. The van der Waals surface area contributed by atoms with Gasteiger partial charge in [-0.25, -0.2) is 4.98 Å². The van der Waals surface area contributed by atoms with Gasteiger partial charge in [-0.15, -0.1) is 0 Å². The van der Waals surface area contributed by atoms with Crippen molar-refractivity contribution in [3.63, 3.8) is 0 Å². The highest BCUT2D eigenvalue weighted by molar-refractivity contribution is 5.76. The Hall–Kier alpha value is -2.36. The lowest BCUT2D eigenvalue weighted by Crippen LogP contribution is -2.10. The van der Waals surface area contributed by atoms with Gasteiger partial charge in [0.2, 0.25) is 0 Å². The minimum atomic E-state index is -0.157. The van der Waals surface area contributed by atoms with Crippen molar-refractivity contribution in [1.82, 2.24) is 14.5 Å². The molecule has 0 fully saturated rings. The van der Waals surface area contributed by atoms with Crippen molar-refractivity contribution in [2.75, 3.05) is 0 Å². The van der Waals surface area contributed by atoms with Crippen LogP contribution in [0.2, 0.25) is 0 Å². The first-order valence-electron chi connectivity index (χ1n) is 5.35. The predicted molar refractivity (Wildman–Crippen MR) is 66.8 cm³/mol. The van der Waals surface area contributed by atoms with Crippen LogP contribution < -0.4 is 5.56 Å². The summed E-state index contributed by atoms with van der Waals surface area (Å²) in [5.74, 6) is 0. The fourth-order valence-electron chi connectivity index (χ4n) is 1.87. The number of hydrogen-bond acceptors (Lipinski definition) is 2. The van der Waals surface area contributed by atoms with Crippen LogP contribution in [0.5, 0.6) is 0 Å². The van der Waals surface area contributed by atoms with Crippen molar-refractivity contribution in [1.29, 1.82) is 0 Å². The second kappa shape index (κ2) is 3.59. The van der Waals surface area contributed by atoms with Gasteiger partial charge in [0.25, 0.3) is 5.56 Å². The number of aromatic nitrogens is 3. The summed E-state index contributed by atoms with van der Waals surface area (Å²) in [4.78, 5) is 19.2. The molecular formula is C13H11N3O. The van der Waals surface area contributed by atoms with Gasteiger partial charge in [-0.3, -0.25) is 4.79 Å². The summed E-state index contributed by atoms with van der Waals surface area (Å²) >= 11 is 0. The molecule has 0 aliphatic rings. The number of fused-ring (bicyclic) bond motifs is 1. The van der Waals surface area contributed by atoms with Crippen molar-refractivity contribution in [2.45, 2.75) is 0 Å². The summed E-state index contributed by atoms with van der Waals surface area (Å²) < 4.78 is 1.89. The zero-order chi connectivity index (χ0) is 11.8. The van der Waals surface area contributed by atoms with Crippen molar-refractivity contribution < 1.29 is 0 Å². The third-order valence-electron chi connectivity index (χ3n) is 2.70. The van der Waals surface area contributed by atoms with Gasteiger partial charge in [-0.2, -0.15) is 0 Å². The Morgan fingerprint density at radius 1 is 1.24 bits per heavy atom. The molecule has 0 amide bonds. The van der Waals surface area contributed by atoms with Crippen LogP contribution in [0.1, 0.15) is 0 Å². The van der Waals surface area contributed by atoms with Gasteiger partial charge >= 0.3 is 0 Å². The molecule has 3 rings (SSSR count). The van der Waals surface area contributed by atoms with Crippen LogP contribution in [0.4, 0.5) is 0 Å². The first kappa shape index (κ1) is 9.84. The monoisotopic (exact) mass is 225 g/mol. The minimum Gasteiger partial charge on any atom is -0.357 e. The van der Waals surface area contributed by atoms with E-state index in [1.807, 2.05) is 54.3 Å². The maximum Gasteiger partial charge on any atom is 0.275 e. The van der Waals surface area contributed by atoms with E-state index >= 15 is 0 Å². The molecule has 1 aromatic carbocycles. The number of nitrogens with one attached hydrogen (secondary N) is 1. The number of benzene rings is 1. The molecule has 0 aliphatic heterocycles. The summed E-state index contributed by atoms with van der Waals surface area (Å²) in [6.45, 7) is 0. The Morgan fingerprint density at radius 3 is 2.82 bits per heavy atom. The molecule has 0 bridgehead atoms. The number of H-pyrrole nitrogens is 1. The second-order valence-corrected chi connectivity index (χ2v) is 4.00. The molecular weight excluding hydrogens is 214 g/mol. The number of aryl methyl sites for hydroxylation is 1. The molecule has 0 saturated carbocycles. The third kappa shape index (κ3) is 1.63. The smallest absolute Gasteiger partial charge is 0.275 e. The Morgan fingerprint density at radius 2 is 2.06 bits per heavy atom. The van der Waals surface area contributed by atoms with Crippen LogP contribution in [-0.2, 0) is 7.05 Å². The van der Waals surface area contributed by atoms with E-state index in [0.717, 1.165) is 16.6 Å². The van der Waals surface area contributed by atoms with E-state index < -0.39 is 0 Å². The maximum atomic E-state index is 11.9. The van der Waals surface area contributed by atoms with E-state index in [1.165, 1.54) is 0 Å². The molecule has 2 heterocycles. The molecule has 3 aromatic rings. The quantitative estimate of drug-likeness (QED) is 0.688. The zero-order valence-electron chi connectivity index (χ0n) is 9.34. The number of hydrogen-bond donors (Lipinski definition) is 1. The Labute approximate surface area is 97.6 Å². The molecule has 0 aliphatic carbocycles. The number of nitrogens with zero attached hydrogens (tertiary/aromatic N) is 2. The largest absolute Gasteiger partial charge is 0.357 e. The molecule has 0 saturated heterocycles. The Bertz CT molecular complexity index is 740. The van der Waals surface area contributed by atoms with Crippen molar-refractivity contribution >= 4 is 11.0 Å². The standard InChI is InChI=1S/C13H11N3O/c1-16-7-6-9(8-16)12-13(17)15-11-5-3-2-4-10(11)14-12/h2-8H,1H3,(H,15,17). The molecule has 0 atom stereocenters. The van der Waals surface area contributed by atoms with Gasteiger partial charge in [0.1, 0.15) is 5.69 Å². The molecule has 1 N–H and O–H groups in total. The van der Waals surface area contributed by atoms with Crippen LogP contribution in [0.3, 0.4) is 0 Å². The number of para-hydroxylation sites is 2. The maximum absolute atomic E-state index is 11.9. The van der Waals surface area contributed by atoms with Gasteiger partial charge in [0.05, 0.1) is 11.0 Å². The molecule has 0 unspecified atom stereocenters. The van der Waals surface area contributed by atoms with Gasteiger partial charge < -0.3 is 9.55 Å². The molecule has 17 heavy (non-hydrogen) atoms. The van der Waals surface area contributed by atoms with E-state index in [-0.39, 0.29) is 5.56 Å².